The van der Waals surface area contributed by atoms with Crippen molar-refractivity contribution in [1.82, 2.24) is 15.3 Å². The Morgan fingerprint density at radius 3 is 3.08 bits per heavy atom. The van der Waals surface area contributed by atoms with Crippen LogP contribution in [0.1, 0.15) is 24.5 Å². The zero-order valence-corrected chi connectivity index (χ0v) is 7.03. The van der Waals surface area contributed by atoms with E-state index in [1.807, 2.05) is 6.20 Å². The third-order valence-electron chi connectivity index (χ3n) is 2.30. The Bertz CT molecular complexity index is 229. The van der Waals surface area contributed by atoms with Crippen LogP contribution in [0.25, 0.3) is 0 Å². The molecule has 3 heteroatoms. The minimum atomic E-state index is 0.576. The molecule has 0 bridgehead atoms. The van der Waals surface area contributed by atoms with E-state index in [2.05, 4.69) is 15.3 Å². The molecule has 1 aliphatic rings. The summed E-state index contributed by atoms with van der Waals surface area (Å²) in [7, 11) is 0. The van der Waals surface area contributed by atoms with E-state index in [-0.39, 0.29) is 0 Å². The van der Waals surface area contributed by atoms with Gasteiger partial charge in [-0.3, -0.25) is 9.97 Å². The molecule has 1 N–H and O–H groups in total. The smallest absolute Gasteiger partial charge is 0.0630 e. The highest BCUT2D eigenvalue weighted by atomic mass is 14.9. The van der Waals surface area contributed by atoms with Crippen LogP contribution in [0, 0.1) is 0 Å². The number of nitrogens with one attached hydrogen (secondary N) is 1. The van der Waals surface area contributed by atoms with Crippen LogP contribution in [0.5, 0.6) is 0 Å². The van der Waals surface area contributed by atoms with E-state index in [1.54, 1.807) is 12.4 Å². The van der Waals surface area contributed by atoms with E-state index < -0.39 is 0 Å². The summed E-state index contributed by atoms with van der Waals surface area (Å²) < 4.78 is 0. The highest BCUT2D eigenvalue weighted by Gasteiger charge is 2.15. The monoisotopic (exact) mass is 163 g/mol. The van der Waals surface area contributed by atoms with Gasteiger partial charge in [-0.15, -0.1) is 0 Å². The first-order chi connectivity index (χ1) is 5.97. The highest BCUT2D eigenvalue weighted by molar-refractivity contribution is 5.04. The first kappa shape index (κ1) is 7.68. The Hall–Kier alpha value is -0.960. The lowest BCUT2D eigenvalue weighted by molar-refractivity contribution is 0.453. The molecular weight excluding hydrogens is 150 g/mol. The Morgan fingerprint density at radius 2 is 2.42 bits per heavy atom. The number of hydrogen-bond donors (Lipinski definition) is 1. The van der Waals surface area contributed by atoms with E-state index >= 15 is 0 Å². The first-order valence-corrected chi connectivity index (χ1v) is 4.43. The van der Waals surface area contributed by atoms with Gasteiger partial charge in [-0.05, 0) is 19.4 Å². The number of aromatic nitrogens is 2. The van der Waals surface area contributed by atoms with Crippen LogP contribution < -0.4 is 5.32 Å². The van der Waals surface area contributed by atoms with Gasteiger partial charge < -0.3 is 5.32 Å². The van der Waals surface area contributed by atoms with Gasteiger partial charge in [0.15, 0.2) is 0 Å². The summed E-state index contributed by atoms with van der Waals surface area (Å²) >= 11 is 0. The van der Waals surface area contributed by atoms with Gasteiger partial charge >= 0.3 is 0 Å². The molecule has 12 heavy (non-hydrogen) atoms. The molecule has 0 spiro atoms. The van der Waals surface area contributed by atoms with Crippen LogP contribution in [-0.4, -0.2) is 23.1 Å². The third kappa shape index (κ3) is 1.61. The number of hydrogen-bond acceptors (Lipinski definition) is 3. The summed E-state index contributed by atoms with van der Waals surface area (Å²) in [4.78, 5) is 8.37. The van der Waals surface area contributed by atoms with Gasteiger partial charge in [-0.2, -0.15) is 0 Å². The molecule has 0 amide bonds. The average Bonchev–Trinajstić information content (AvgIpc) is 2.21. The van der Waals surface area contributed by atoms with Crippen LogP contribution in [0.15, 0.2) is 18.6 Å². The van der Waals surface area contributed by atoms with Crippen molar-refractivity contribution in [3.05, 3.63) is 24.3 Å². The summed E-state index contributed by atoms with van der Waals surface area (Å²) in [6.45, 7) is 2.20. The fraction of sp³-hybridized carbons (Fsp3) is 0.556. The SMILES string of the molecule is c1cnc([C@H]2CCCNC2)cn1. The lowest BCUT2D eigenvalue weighted by atomic mass is 9.97. The Morgan fingerprint density at radius 1 is 1.42 bits per heavy atom. The summed E-state index contributed by atoms with van der Waals surface area (Å²) in [6, 6.07) is 0. The molecule has 1 aromatic heterocycles. The minimum absolute atomic E-state index is 0.576. The molecule has 0 unspecified atom stereocenters. The predicted molar refractivity (Wildman–Crippen MR) is 46.9 cm³/mol. The molecule has 1 aromatic rings. The fourth-order valence-corrected chi connectivity index (χ4v) is 1.63. The number of rotatable bonds is 1. The maximum atomic E-state index is 4.30. The summed E-state index contributed by atoms with van der Waals surface area (Å²) in [5.74, 6) is 0.576. The predicted octanol–water partition coefficient (Wildman–Crippen LogP) is 0.944. The first-order valence-electron chi connectivity index (χ1n) is 4.43. The molecular formula is C9H13N3. The van der Waals surface area contributed by atoms with Crippen molar-refractivity contribution >= 4 is 0 Å². The fourth-order valence-electron chi connectivity index (χ4n) is 1.63. The number of piperidine rings is 1. The van der Waals surface area contributed by atoms with Gasteiger partial charge in [0.1, 0.15) is 0 Å². The molecule has 0 radical (unpaired) electrons. The highest BCUT2D eigenvalue weighted by Crippen LogP contribution is 2.19. The molecule has 3 nitrogen and oxygen atoms in total. The van der Waals surface area contributed by atoms with Gasteiger partial charge in [0.05, 0.1) is 5.69 Å². The van der Waals surface area contributed by atoms with Crippen LogP contribution in [0.3, 0.4) is 0 Å². The zero-order valence-electron chi connectivity index (χ0n) is 7.03. The van der Waals surface area contributed by atoms with Crippen molar-refractivity contribution in [2.75, 3.05) is 13.1 Å². The Balaban J connectivity index is 2.08. The topological polar surface area (TPSA) is 37.8 Å². The molecule has 1 atom stereocenters. The van der Waals surface area contributed by atoms with Crippen molar-refractivity contribution in [3.8, 4) is 0 Å². The molecule has 1 fully saturated rings. The van der Waals surface area contributed by atoms with Crippen molar-refractivity contribution < 1.29 is 0 Å². The van der Waals surface area contributed by atoms with E-state index in [4.69, 9.17) is 0 Å². The van der Waals surface area contributed by atoms with Crippen molar-refractivity contribution in [1.29, 1.82) is 0 Å². The maximum absolute atomic E-state index is 4.30. The second kappa shape index (κ2) is 3.63. The van der Waals surface area contributed by atoms with E-state index in [1.165, 1.54) is 12.8 Å². The second-order valence-electron chi connectivity index (χ2n) is 3.17. The Labute approximate surface area is 72.2 Å². The zero-order chi connectivity index (χ0) is 8.23. The van der Waals surface area contributed by atoms with Crippen LogP contribution in [0.2, 0.25) is 0 Å². The molecule has 1 saturated heterocycles. The standard InChI is InChI=1S/C9H13N3/c1-2-8(6-10-3-1)9-7-11-4-5-12-9/h4-5,7-8,10H,1-3,6H2/t8-/m0/s1. The van der Waals surface area contributed by atoms with Gasteiger partial charge in [-0.25, -0.2) is 0 Å². The van der Waals surface area contributed by atoms with Gasteiger partial charge in [0.25, 0.3) is 0 Å². The molecule has 0 saturated carbocycles. The normalized spacial score (nSPS) is 23.8. The quantitative estimate of drug-likeness (QED) is 0.669. The molecule has 64 valence electrons. The lowest BCUT2D eigenvalue weighted by Crippen LogP contribution is -2.28. The van der Waals surface area contributed by atoms with Crippen LogP contribution >= 0.6 is 0 Å². The molecule has 2 heterocycles. The summed E-state index contributed by atoms with van der Waals surface area (Å²) in [5.41, 5.74) is 1.13. The van der Waals surface area contributed by atoms with Crippen molar-refractivity contribution in [2.24, 2.45) is 0 Å². The molecule has 2 rings (SSSR count). The van der Waals surface area contributed by atoms with Crippen molar-refractivity contribution in [2.45, 2.75) is 18.8 Å². The van der Waals surface area contributed by atoms with Gasteiger partial charge in [0, 0.05) is 31.1 Å². The summed E-state index contributed by atoms with van der Waals surface area (Å²) in [6.07, 6.45) is 7.86. The van der Waals surface area contributed by atoms with E-state index in [0.29, 0.717) is 5.92 Å². The molecule has 0 aliphatic carbocycles. The maximum Gasteiger partial charge on any atom is 0.0630 e. The van der Waals surface area contributed by atoms with E-state index in [0.717, 1.165) is 18.8 Å². The summed E-state index contributed by atoms with van der Waals surface area (Å²) in [5, 5.41) is 3.37. The third-order valence-corrected chi connectivity index (χ3v) is 2.30. The molecule has 1 aliphatic heterocycles. The van der Waals surface area contributed by atoms with E-state index in [9.17, 15) is 0 Å². The average molecular weight is 163 g/mol. The molecule has 0 aromatic carbocycles. The van der Waals surface area contributed by atoms with Gasteiger partial charge in [0.2, 0.25) is 0 Å². The van der Waals surface area contributed by atoms with Crippen molar-refractivity contribution in [3.63, 3.8) is 0 Å². The number of nitrogens with zero attached hydrogens (tertiary/aromatic N) is 2. The van der Waals surface area contributed by atoms with Gasteiger partial charge in [-0.1, -0.05) is 0 Å². The van der Waals surface area contributed by atoms with Crippen LogP contribution in [0.4, 0.5) is 0 Å². The van der Waals surface area contributed by atoms with Crippen LogP contribution in [-0.2, 0) is 0 Å². The largest absolute Gasteiger partial charge is 0.316 e. The second-order valence-corrected chi connectivity index (χ2v) is 3.17. The Kier molecular flexibility index (Phi) is 2.32. The minimum Gasteiger partial charge on any atom is -0.316 e. The lowest BCUT2D eigenvalue weighted by Gasteiger charge is -2.21.